The predicted octanol–water partition coefficient (Wildman–Crippen LogP) is 5.10. The van der Waals surface area contributed by atoms with E-state index in [-0.39, 0.29) is 22.9 Å². The molecule has 0 radical (unpaired) electrons. The van der Waals surface area contributed by atoms with Gasteiger partial charge in [0.05, 0.1) is 22.8 Å². The molecule has 12 heteroatoms. The lowest BCUT2D eigenvalue weighted by Gasteiger charge is -2.17. The summed E-state index contributed by atoms with van der Waals surface area (Å²) in [6.07, 6.45) is 0. The molecule has 3 rings (SSSR count). The van der Waals surface area contributed by atoms with Gasteiger partial charge in [0.15, 0.2) is 11.6 Å². The van der Waals surface area contributed by atoms with Crippen LogP contribution in [-0.2, 0) is 10.0 Å². The Labute approximate surface area is 201 Å². The first-order chi connectivity index (χ1) is 15.5. The zero-order valence-corrected chi connectivity index (χ0v) is 19.9. The molecule has 33 heavy (non-hydrogen) atoms. The SMILES string of the molecule is CCS(=O)(=O)Nc1cccc(Oc2cc(F)c(F)c(Nc3ccc(I)cc3F)c2C(N)=O)c1. The first-order valence-corrected chi connectivity index (χ1v) is 12.1. The highest BCUT2D eigenvalue weighted by Crippen LogP contribution is 2.37. The molecule has 0 spiro atoms. The summed E-state index contributed by atoms with van der Waals surface area (Å²) in [6, 6.07) is 10.2. The summed E-state index contributed by atoms with van der Waals surface area (Å²) in [7, 11) is -3.58. The molecule has 0 atom stereocenters. The van der Waals surface area contributed by atoms with Gasteiger partial charge in [-0.05, 0) is 59.8 Å². The second-order valence-corrected chi connectivity index (χ2v) is 9.93. The number of carbonyl (C=O) groups excluding carboxylic acids is 1. The molecule has 1 amide bonds. The number of hydrogen-bond acceptors (Lipinski definition) is 5. The Balaban J connectivity index is 2.05. The summed E-state index contributed by atoms with van der Waals surface area (Å²) in [5, 5.41) is 2.37. The van der Waals surface area contributed by atoms with Crippen molar-refractivity contribution in [2.75, 3.05) is 15.8 Å². The van der Waals surface area contributed by atoms with Crippen molar-refractivity contribution in [3.05, 3.63) is 75.1 Å². The zero-order valence-electron chi connectivity index (χ0n) is 17.0. The van der Waals surface area contributed by atoms with E-state index in [1.165, 1.54) is 43.3 Å². The van der Waals surface area contributed by atoms with Crippen molar-refractivity contribution in [2.24, 2.45) is 5.73 Å². The number of primary amides is 1. The maximum atomic E-state index is 14.6. The molecule has 0 aliphatic rings. The topological polar surface area (TPSA) is 111 Å². The van der Waals surface area contributed by atoms with Crippen LogP contribution < -0.4 is 20.5 Å². The van der Waals surface area contributed by atoms with Gasteiger partial charge in [0.2, 0.25) is 10.0 Å². The molecule has 0 aliphatic carbocycles. The van der Waals surface area contributed by atoms with E-state index in [1.54, 1.807) is 0 Å². The summed E-state index contributed by atoms with van der Waals surface area (Å²) in [4.78, 5) is 12.1. The normalized spacial score (nSPS) is 11.2. The fourth-order valence-corrected chi connectivity index (χ4v) is 3.86. The smallest absolute Gasteiger partial charge is 0.254 e. The van der Waals surface area contributed by atoms with Gasteiger partial charge in [0.1, 0.15) is 22.9 Å². The fourth-order valence-electron chi connectivity index (χ4n) is 2.77. The first kappa shape index (κ1) is 24.6. The van der Waals surface area contributed by atoms with Crippen LogP contribution in [0.4, 0.5) is 30.2 Å². The maximum Gasteiger partial charge on any atom is 0.254 e. The summed E-state index contributed by atoms with van der Waals surface area (Å²) in [6.45, 7) is 1.45. The van der Waals surface area contributed by atoms with E-state index in [1.807, 2.05) is 22.6 Å². The number of rotatable bonds is 8. The van der Waals surface area contributed by atoms with Gasteiger partial charge in [-0.2, -0.15) is 0 Å². The Kier molecular flexibility index (Phi) is 7.37. The molecule has 4 N–H and O–H groups in total. The standard InChI is InChI=1S/C21H17F3IN3O4S/c1-2-33(30,31)28-12-4-3-5-13(9-12)32-17-10-15(23)19(24)20(18(17)21(26)29)27-16-7-6-11(25)8-14(16)22/h3-10,27-28H,2H2,1H3,(H2,26,29). The third kappa shape index (κ3) is 5.87. The van der Waals surface area contributed by atoms with Gasteiger partial charge in [0.25, 0.3) is 5.91 Å². The molecule has 0 bridgehead atoms. The van der Waals surface area contributed by atoms with Crippen LogP contribution in [0.5, 0.6) is 11.5 Å². The van der Waals surface area contributed by atoms with E-state index in [4.69, 9.17) is 10.5 Å². The third-order valence-electron chi connectivity index (χ3n) is 4.34. The monoisotopic (exact) mass is 591 g/mol. The molecule has 0 unspecified atom stereocenters. The number of nitrogens with one attached hydrogen (secondary N) is 2. The quantitative estimate of drug-likeness (QED) is 0.316. The molecule has 0 aliphatic heterocycles. The number of ether oxygens (including phenoxy) is 1. The largest absolute Gasteiger partial charge is 0.456 e. The van der Waals surface area contributed by atoms with Gasteiger partial charge < -0.3 is 15.8 Å². The minimum Gasteiger partial charge on any atom is -0.456 e. The van der Waals surface area contributed by atoms with Crippen molar-refractivity contribution in [2.45, 2.75) is 6.92 Å². The van der Waals surface area contributed by atoms with E-state index in [0.29, 0.717) is 9.64 Å². The molecule has 0 fully saturated rings. The highest BCUT2D eigenvalue weighted by Gasteiger charge is 2.25. The van der Waals surface area contributed by atoms with Crippen LogP contribution in [0.1, 0.15) is 17.3 Å². The number of benzene rings is 3. The maximum absolute atomic E-state index is 14.6. The number of sulfonamides is 1. The lowest BCUT2D eigenvalue weighted by Crippen LogP contribution is -2.17. The van der Waals surface area contributed by atoms with Crippen LogP contribution in [0, 0.1) is 21.0 Å². The van der Waals surface area contributed by atoms with Crippen molar-refractivity contribution in [3.63, 3.8) is 0 Å². The molecular formula is C21H17F3IN3O4S. The predicted molar refractivity (Wildman–Crippen MR) is 127 cm³/mol. The van der Waals surface area contributed by atoms with Gasteiger partial charge in [-0.15, -0.1) is 0 Å². The van der Waals surface area contributed by atoms with Crippen LogP contribution in [0.25, 0.3) is 0 Å². The third-order valence-corrected chi connectivity index (χ3v) is 6.31. The van der Waals surface area contributed by atoms with Crippen molar-refractivity contribution in [3.8, 4) is 11.5 Å². The number of anilines is 3. The molecule has 3 aromatic carbocycles. The van der Waals surface area contributed by atoms with Crippen molar-refractivity contribution < 1.29 is 31.1 Å². The molecule has 3 aromatic rings. The minimum atomic E-state index is -3.58. The number of amides is 1. The van der Waals surface area contributed by atoms with Crippen LogP contribution >= 0.6 is 22.6 Å². The molecule has 0 heterocycles. The Hall–Kier alpha value is -3.00. The summed E-state index contributed by atoms with van der Waals surface area (Å²) < 4.78 is 75.3. The van der Waals surface area contributed by atoms with Gasteiger partial charge in [0, 0.05) is 15.7 Å². The van der Waals surface area contributed by atoms with Crippen molar-refractivity contribution in [1.29, 1.82) is 0 Å². The lowest BCUT2D eigenvalue weighted by molar-refractivity contribution is 0.0998. The van der Waals surface area contributed by atoms with Crippen molar-refractivity contribution >= 4 is 55.6 Å². The van der Waals surface area contributed by atoms with Crippen LogP contribution in [-0.4, -0.2) is 20.1 Å². The fraction of sp³-hybridized carbons (Fsp3) is 0.0952. The Morgan fingerprint density at radius 1 is 1.09 bits per heavy atom. The van der Waals surface area contributed by atoms with E-state index in [2.05, 4.69) is 10.0 Å². The van der Waals surface area contributed by atoms with Crippen LogP contribution in [0.2, 0.25) is 0 Å². The number of halogens is 4. The first-order valence-electron chi connectivity index (χ1n) is 9.33. The molecule has 0 saturated carbocycles. The van der Waals surface area contributed by atoms with Crippen LogP contribution in [0.15, 0.2) is 48.5 Å². The molecule has 0 aromatic heterocycles. The highest BCUT2D eigenvalue weighted by molar-refractivity contribution is 14.1. The molecule has 174 valence electrons. The van der Waals surface area contributed by atoms with Crippen LogP contribution in [0.3, 0.4) is 0 Å². The summed E-state index contributed by atoms with van der Waals surface area (Å²) in [5.74, 6) is -5.39. The van der Waals surface area contributed by atoms with Gasteiger partial charge >= 0.3 is 0 Å². The average Bonchev–Trinajstić information content (AvgIpc) is 2.73. The Morgan fingerprint density at radius 3 is 2.45 bits per heavy atom. The number of nitrogens with two attached hydrogens (primary N) is 1. The van der Waals surface area contributed by atoms with E-state index in [0.717, 1.165) is 6.07 Å². The van der Waals surface area contributed by atoms with Crippen molar-refractivity contribution in [1.82, 2.24) is 0 Å². The van der Waals surface area contributed by atoms with Gasteiger partial charge in [-0.3, -0.25) is 9.52 Å². The van der Waals surface area contributed by atoms with E-state index >= 15 is 0 Å². The van der Waals surface area contributed by atoms with E-state index < -0.39 is 50.4 Å². The number of hydrogen-bond donors (Lipinski definition) is 3. The average molecular weight is 591 g/mol. The zero-order chi connectivity index (χ0) is 24.3. The minimum absolute atomic E-state index is 0.00575. The Morgan fingerprint density at radius 2 is 1.82 bits per heavy atom. The van der Waals surface area contributed by atoms with E-state index in [9.17, 15) is 26.4 Å². The number of carbonyl (C=O) groups is 1. The highest BCUT2D eigenvalue weighted by atomic mass is 127. The lowest BCUT2D eigenvalue weighted by atomic mass is 10.1. The molecule has 7 nitrogen and oxygen atoms in total. The van der Waals surface area contributed by atoms with Gasteiger partial charge in [-0.25, -0.2) is 21.6 Å². The van der Waals surface area contributed by atoms with Gasteiger partial charge in [-0.1, -0.05) is 6.07 Å². The molecule has 0 saturated heterocycles. The summed E-state index contributed by atoms with van der Waals surface area (Å²) >= 11 is 1.87. The Bertz CT molecular complexity index is 1340. The molecular weight excluding hydrogens is 574 g/mol. The second kappa shape index (κ2) is 9.87. The second-order valence-electron chi connectivity index (χ2n) is 6.67. The summed E-state index contributed by atoms with van der Waals surface area (Å²) in [5.41, 5.74) is 4.06.